The van der Waals surface area contributed by atoms with Crippen LogP contribution in [0.25, 0.3) is 16.5 Å². The van der Waals surface area contributed by atoms with Crippen LogP contribution in [0.3, 0.4) is 0 Å². The first kappa shape index (κ1) is 26.3. The van der Waals surface area contributed by atoms with E-state index in [1.165, 1.54) is 11.0 Å². The van der Waals surface area contributed by atoms with Gasteiger partial charge in [-0.2, -0.15) is 0 Å². The molecule has 4 aromatic rings. The molecule has 1 N–H and O–H groups in total. The molecule has 206 valence electrons. The van der Waals surface area contributed by atoms with Crippen molar-refractivity contribution in [2.24, 2.45) is 0 Å². The lowest BCUT2D eigenvalue weighted by Gasteiger charge is -2.24. The Morgan fingerprint density at radius 1 is 1.12 bits per heavy atom. The van der Waals surface area contributed by atoms with Gasteiger partial charge in [0.25, 0.3) is 5.78 Å². The lowest BCUT2D eigenvalue weighted by molar-refractivity contribution is -0.132. The molecule has 2 aliphatic heterocycles. The van der Waals surface area contributed by atoms with Crippen molar-refractivity contribution in [1.82, 2.24) is 4.98 Å². The van der Waals surface area contributed by atoms with E-state index in [2.05, 4.69) is 11.6 Å². The zero-order valence-electron chi connectivity index (χ0n) is 22.0. The van der Waals surface area contributed by atoms with Crippen molar-refractivity contribution in [2.45, 2.75) is 13.0 Å². The zero-order valence-corrected chi connectivity index (χ0v) is 22.8. The largest absolute Gasteiger partial charge is 0.507 e. The Labute approximate surface area is 238 Å². The molecule has 9 nitrogen and oxygen atoms in total. The summed E-state index contributed by atoms with van der Waals surface area (Å²) in [5.41, 5.74) is 1.16. The number of aliphatic hydroxyl groups is 1. The number of benzene rings is 3. The number of nitrogens with zero attached hydrogens (tertiary/aromatic N) is 2. The molecule has 3 aromatic carbocycles. The maximum Gasteiger partial charge on any atom is 0.350 e. The van der Waals surface area contributed by atoms with Crippen molar-refractivity contribution < 1.29 is 33.7 Å². The Kier molecular flexibility index (Phi) is 6.76. The van der Waals surface area contributed by atoms with Gasteiger partial charge >= 0.3 is 11.9 Å². The Hall–Kier alpha value is -4.96. The topological polar surface area (TPSA) is 115 Å². The Morgan fingerprint density at radius 3 is 2.68 bits per heavy atom. The normalized spacial score (nSPS) is 17.6. The lowest BCUT2D eigenvalue weighted by atomic mass is 9.91. The van der Waals surface area contributed by atoms with Crippen LogP contribution in [0.5, 0.6) is 11.5 Å². The summed E-state index contributed by atoms with van der Waals surface area (Å²) in [7, 11) is 0. The molecule has 6 rings (SSSR count). The van der Waals surface area contributed by atoms with Gasteiger partial charge in [0, 0.05) is 5.56 Å². The van der Waals surface area contributed by atoms with E-state index < -0.39 is 23.7 Å². The number of ether oxygens (including phenoxy) is 3. The summed E-state index contributed by atoms with van der Waals surface area (Å²) in [5, 5.41) is 13.4. The fraction of sp³-hybridized carbons (Fsp3) is 0.161. The molecule has 1 aromatic heterocycles. The molecule has 3 heterocycles. The van der Waals surface area contributed by atoms with Crippen molar-refractivity contribution in [2.75, 3.05) is 24.7 Å². The van der Waals surface area contributed by atoms with Gasteiger partial charge in [-0.1, -0.05) is 66.5 Å². The van der Waals surface area contributed by atoms with Crippen molar-refractivity contribution in [3.05, 3.63) is 101 Å². The highest BCUT2D eigenvalue weighted by molar-refractivity contribution is 7.17. The van der Waals surface area contributed by atoms with E-state index in [0.717, 1.165) is 22.1 Å². The number of amides is 1. The first-order chi connectivity index (χ1) is 19.9. The van der Waals surface area contributed by atoms with Gasteiger partial charge in [0.2, 0.25) is 0 Å². The van der Waals surface area contributed by atoms with E-state index in [1.54, 1.807) is 25.1 Å². The van der Waals surface area contributed by atoms with Crippen molar-refractivity contribution in [3.63, 3.8) is 0 Å². The molecular weight excluding hydrogens is 544 g/mol. The number of aromatic nitrogens is 1. The van der Waals surface area contributed by atoms with Crippen LogP contribution in [0.4, 0.5) is 5.13 Å². The fourth-order valence-corrected chi connectivity index (χ4v) is 6.02. The number of hydrogen-bond acceptors (Lipinski definition) is 9. The van der Waals surface area contributed by atoms with Crippen LogP contribution in [0, 0.1) is 6.92 Å². The minimum atomic E-state index is -1.03. The van der Waals surface area contributed by atoms with E-state index >= 15 is 0 Å². The number of ketones is 1. The quantitative estimate of drug-likeness (QED) is 0.109. The predicted molar refractivity (Wildman–Crippen MR) is 153 cm³/mol. The number of aliphatic hydroxyl groups excluding tert-OH is 1. The van der Waals surface area contributed by atoms with Crippen LogP contribution in [-0.2, 0) is 14.3 Å². The summed E-state index contributed by atoms with van der Waals surface area (Å²) in [5.74, 6) is -1.77. The van der Waals surface area contributed by atoms with Crippen LogP contribution in [0.2, 0.25) is 0 Å². The van der Waals surface area contributed by atoms with E-state index in [1.807, 2.05) is 42.5 Å². The summed E-state index contributed by atoms with van der Waals surface area (Å²) in [6.07, 6.45) is 1.45. The molecular formula is C31H24N2O7S. The van der Waals surface area contributed by atoms with Gasteiger partial charge in [-0.3, -0.25) is 14.5 Å². The minimum Gasteiger partial charge on any atom is -0.507 e. The number of anilines is 1. The number of aryl methyl sites for hydroxylation is 1. The minimum absolute atomic E-state index is 0.0154. The highest BCUT2D eigenvalue weighted by Gasteiger charge is 2.49. The van der Waals surface area contributed by atoms with Gasteiger partial charge < -0.3 is 19.3 Å². The highest BCUT2D eigenvalue weighted by Crippen LogP contribution is 2.46. The molecule has 41 heavy (non-hydrogen) atoms. The van der Waals surface area contributed by atoms with Crippen LogP contribution in [0.15, 0.2) is 78.9 Å². The van der Waals surface area contributed by atoms with E-state index in [9.17, 15) is 19.5 Å². The second-order valence-electron chi connectivity index (χ2n) is 9.39. The first-order valence-electron chi connectivity index (χ1n) is 12.8. The van der Waals surface area contributed by atoms with Gasteiger partial charge in [-0.15, -0.1) is 0 Å². The highest BCUT2D eigenvalue weighted by atomic mass is 32.1. The molecule has 1 fully saturated rings. The number of hydrogen-bond donors (Lipinski definition) is 1. The lowest BCUT2D eigenvalue weighted by Crippen LogP contribution is -2.29. The van der Waals surface area contributed by atoms with Crippen LogP contribution in [-0.4, -0.2) is 47.6 Å². The molecule has 0 saturated carbocycles. The molecule has 1 saturated heterocycles. The summed E-state index contributed by atoms with van der Waals surface area (Å²) in [6.45, 7) is 5.95. The zero-order chi connectivity index (χ0) is 28.7. The SMILES string of the molecule is C=CCOC(=O)c1sc(N2C(=O)C(=O)C(=C(O)c3ccc4c(c3)OCCO4)C2c2cccc3ccccc23)nc1C. The van der Waals surface area contributed by atoms with Gasteiger partial charge in [0.05, 0.1) is 17.3 Å². The van der Waals surface area contributed by atoms with Crippen molar-refractivity contribution >= 4 is 50.7 Å². The van der Waals surface area contributed by atoms with Crippen molar-refractivity contribution in [1.29, 1.82) is 0 Å². The first-order valence-corrected chi connectivity index (χ1v) is 13.6. The molecule has 0 bridgehead atoms. The monoisotopic (exact) mass is 568 g/mol. The average Bonchev–Trinajstić information content (AvgIpc) is 3.50. The average molecular weight is 569 g/mol. The summed E-state index contributed by atoms with van der Waals surface area (Å²) in [4.78, 5) is 46.0. The van der Waals surface area contributed by atoms with Crippen molar-refractivity contribution in [3.8, 4) is 11.5 Å². The number of esters is 1. The number of Topliss-reactive ketones (excluding diaryl/α,β-unsaturated/α-hetero) is 1. The molecule has 2 aliphatic rings. The molecule has 1 unspecified atom stereocenters. The number of carbonyl (C=O) groups excluding carboxylic acids is 3. The third kappa shape index (κ3) is 4.52. The van der Waals surface area contributed by atoms with E-state index in [4.69, 9.17) is 14.2 Å². The Bertz CT molecular complexity index is 1770. The second kappa shape index (κ2) is 10.5. The van der Waals surface area contributed by atoms with Gasteiger partial charge in [0.1, 0.15) is 30.5 Å². The summed E-state index contributed by atoms with van der Waals surface area (Å²) < 4.78 is 16.4. The Morgan fingerprint density at radius 2 is 1.88 bits per heavy atom. The van der Waals surface area contributed by atoms with Crippen LogP contribution >= 0.6 is 11.3 Å². The number of rotatable bonds is 6. The van der Waals surface area contributed by atoms with Gasteiger partial charge in [0.15, 0.2) is 16.6 Å². The fourth-order valence-electron chi connectivity index (χ4n) is 5.03. The number of fused-ring (bicyclic) bond motifs is 2. The molecule has 0 radical (unpaired) electrons. The summed E-state index contributed by atoms with van der Waals surface area (Å²) in [6, 6.07) is 16.9. The molecule has 10 heteroatoms. The van der Waals surface area contributed by atoms with Crippen LogP contribution < -0.4 is 14.4 Å². The van der Waals surface area contributed by atoms with E-state index in [0.29, 0.717) is 41.5 Å². The number of carbonyl (C=O) groups is 3. The van der Waals surface area contributed by atoms with Gasteiger partial charge in [-0.25, -0.2) is 9.78 Å². The molecule has 1 atom stereocenters. The number of thiazole rings is 1. The van der Waals surface area contributed by atoms with Gasteiger partial charge in [-0.05, 0) is 41.5 Å². The smallest absolute Gasteiger partial charge is 0.350 e. The third-order valence-electron chi connectivity index (χ3n) is 6.89. The second-order valence-corrected chi connectivity index (χ2v) is 10.4. The Balaban J connectivity index is 1.55. The van der Waals surface area contributed by atoms with E-state index in [-0.39, 0.29) is 27.9 Å². The predicted octanol–water partition coefficient (Wildman–Crippen LogP) is 5.35. The maximum absolute atomic E-state index is 13.7. The molecule has 1 amide bonds. The third-order valence-corrected chi connectivity index (χ3v) is 8.02. The molecule has 0 spiro atoms. The maximum atomic E-state index is 13.7. The standard InChI is InChI=1S/C31H24N2O7S/c1-3-13-40-30(37)28-17(2)32-31(41-28)33-25(21-10-6-8-18-7-4-5-9-20(18)21)24(27(35)29(33)36)26(34)19-11-12-22-23(16-19)39-15-14-38-22/h3-12,16,25,34H,1,13-15H2,2H3. The molecule has 0 aliphatic carbocycles. The summed E-state index contributed by atoms with van der Waals surface area (Å²) >= 11 is 0.945. The van der Waals surface area contributed by atoms with Crippen LogP contribution in [0.1, 0.15) is 32.5 Å².